The first kappa shape index (κ1) is 13.4. The highest BCUT2D eigenvalue weighted by molar-refractivity contribution is 7.89. The molecular formula is C9H18N2O2S. The van der Waals surface area contributed by atoms with Gasteiger partial charge in [-0.1, -0.05) is 26.7 Å². The van der Waals surface area contributed by atoms with Gasteiger partial charge in [0.05, 0.1) is 6.07 Å². The van der Waals surface area contributed by atoms with Gasteiger partial charge in [-0.15, -0.1) is 0 Å². The van der Waals surface area contributed by atoms with E-state index in [1.54, 1.807) is 6.07 Å². The SMILES string of the molecule is CCC(CC)C(C)NS(=O)(=O)CC#N. The van der Waals surface area contributed by atoms with Gasteiger partial charge in [0.1, 0.15) is 0 Å². The van der Waals surface area contributed by atoms with Crippen LogP contribution in [-0.2, 0) is 10.0 Å². The maximum Gasteiger partial charge on any atom is 0.225 e. The third kappa shape index (κ3) is 4.58. The van der Waals surface area contributed by atoms with Crippen LogP contribution >= 0.6 is 0 Å². The Bertz CT molecular complexity index is 288. The van der Waals surface area contributed by atoms with Crippen LogP contribution in [0.2, 0.25) is 0 Å². The molecule has 0 amide bonds. The van der Waals surface area contributed by atoms with Gasteiger partial charge in [-0.3, -0.25) is 0 Å². The predicted molar refractivity (Wildman–Crippen MR) is 56.1 cm³/mol. The van der Waals surface area contributed by atoms with Crippen molar-refractivity contribution in [1.82, 2.24) is 4.72 Å². The van der Waals surface area contributed by atoms with Crippen LogP contribution in [0.5, 0.6) is 0 Å². The molecule has 0 fully saturated rings. The summed E-state index contributed by atoms with van der Waals surface area (Å²) in [6.45, 7) is 5.90. The monoisotopic (exact) mass is 218 g/mol. The molecule has 82 valence electrons. The van der Waals surface area contributed by atoms with Crippen LogP contribution in [0.4, 0.5) is 0 Å². The van der Waals surface area contributed by atoms with Gasteiger partial charge < -0.3 is 0 Å². The normalized spacial score (nSPS) is 13.9. The molecule has 1 atom stereocenters. The van der Waals surface area contributed by atoms with Crippen molar-refractivity contribution in [3.8, 4) is 6.07 Å². The minimum Gasteiger partial charge on any atom is -0.211 e. The Labute approximate surface area is 86.4 Å². The minimum atomic E-state index is -3.41. The maximum atomic E-state index is 11.2. The quantitative estimate of drug-likeness (QED) is 0.729. The van der Waals surface area contributed by atoms with Crippen molar-refractivity contribution in [3.05, 3.63) is 0 Å². The summed E-state index contributed by atoms with van der Waals surface area (Å²) in [6.07, 6.45) is 1.87. The van der Waals surface area contributed by atoms with E-state index < -0.39 is 15.8 Å². The minimum absolute atomic E-state index is 0.0941. The van der Waals surface area contributed by atoms with Crippen molar-refractivity contribution in [2.75, 3.05) is 5.75 Å². The fraction of sp³-hybridized carbons (Fsp3) is 0.889. The standard InChI is InChI=1S/C9H18N2O2S/c1-4-9(5-2)8(3)11-14(12,13)7-6-10/h8-9,11H,4-5,7H2,1-3H3. The highest BCUT2D eigenvalue weighted by atomic mass is 32.2. The largest absolute Gasteiger partial charge is 0.225 e. The summed E-state index contributed by atoms with van der Waals surface area (Å²) in [5, 5.41) is 8.30. The summed E-state index contributed by atoms with van der Waals surface area (Å²) < 4.78 is 25.0. The van der Waals surface area contributed by atoms with E-state index in [-0.39, 0.29) is 6.04 Å². The average Bonchev–Trinajstić information content (AvgIpc) is 2.04. The lowest BCUT2D eigenvalue weighted by molar-refractivity contribution is 0.391. The summed E-state index contributed by atoms with van der Waals surface area (Å²) in [7, 11) is -3.41. The third-order valence-electron chi connectivity index (χ3n) is 2.38. The summed E-state index contributed by atoms with van der Waals surface area (Å²) in [6, 6.07) is 1.54. The molecule has 0 rings (SSSR count). The third-order valence-corrected chi connectivity index (χ3v) is 3.62. The molecule has 0 heterocycles. The van der Waals surface area contributed by atoms with Crippen molar-refractivity contribution in [1.29, 1.82) is 5.26 Å². The van der Waals surface area contributed by atoms with Crippen molar-refractivity contribution < 1.29 is 8.42 Å². The Morgan fingerprint density at radius 1 is 1.36 bits per heavy atom. The molecule has 1 unspecified atom stereocenters. The number of hydrogen-bond acceptors (Lipinski definition) is 3. The highest BCUT2D eigenvalue weighted by Gasteiger charge is 2.19. The van der Waals surface area contributed by atoms with E-state index in [1.165, 1.54) is 0 Å². The van der Waals surface area contributed by atoms with E-state index in [1.807, 2.05) is 20.8 Å². The summed E-state index contributed by atoms with van der Waals surface area (Å²) in [5.41, 5.74) is 0. The Balaban J connectivity index is 4.31. The van der Waals surface area contributed by atoms with Crippen LogP contribution in [0.3, 0.4) is 0 Å². The first-order valence-electron chi connectivity index (χ1n) is 4.83. The molecule has 0 saturated heterocycles. The zero-order valence-corrected chi connectivity index (χ0v) is 9.76. The fourth-order valence-corrected chi connectivity index (χ4v) is 2.51. The average molecular weight is 218 g/mol. The van der Waals surface area contributed by atoms with E-state index in [4.69, 9.17) is 5.26 Å². The maximum absolute atomic E-state index is 11.2. The van der Waals surface area contributed by atoms with Crippen molar-refractivity contribution >= 4 is 10.0 Å². The zero-order valence-electron chi connectivity index (χ0n) is 8.95. The van der Waals surface area contributed by atoms with Crippen molar-refractivity contribution in [2.24, 2.45) is 5.92 Å². The Morgan fingerprint density at radius 3 is 2.21 bits per heavy atom. The van der Waals surface area contributed by atoms with Gasteiger partial charge >= 0.3 is 0 Å². The molecule has 0 aliphatic carbocycles. The first-order valence-corrected chi connectivity index (χ1v) is 6.49. The molecule has 0 aliphatic heterocycles. The Hall–Kier alpha value is -0.600. The number of hydrogen-bond donors (Lipinski definition) is 1. The number of nitriles is 1. The first-order chi connectivity index (χ1) is 6.46. The van der Waals surface area contributed by atoms with Crippen molar-refractivity contribution in [2.45, 2.75) is 39.7 Å². The lowest BCUT2D eigenvalue weighted by atomic mass is 9.96. The lowest BCUT2D eigenvalue weighted by Crippen LogP contribution is -2.38. The Morgan fingerprint density at radius 2 is 1.86 bits per heavy atom. The van der Waals surface area contributed by atoms with Gasteiger partial charge in [-0.05, 0) is 12.8 Å². The van der Waals surface area contributed by atoms with E-state index in [9.17, 15) is 8.42 Å². The molecule has 14 heavy (non-hydrogen) atoms. The fourth-order valence-electron chi connectivity index (χ4n) is 1.50. The molecular weight excluding hydrogens is 200 g/mol. The molecule has 0 aromatic carbocycles. The Kier molecular flexibility index (Phi) is 5.73. The second-order valence-corrected chi connectivity index (χ2v) is 5.15. The second kappa shape index (κ2) is 5.99. The number of rotatable bonds is 6. The van der Waals surface area contributed by atoms with Gasteiger partial charge in [-0.2, -0.15) is 5.26 Å². The molecule has 5 heteroatoms. The molecule has 0 aliphatic rings. The van der Waals surface area contributed by atoms with Gasteiger partial charge in [-0.25, -0.2) is 13.1 Å². The molecule has 0 aromatic heterocycles. The summed E-state index contributed by atoms with van der Waals surface area (Å²) in [4.78, 5) is 0. The molecule has 0 radical (unpaired) electrons. The van der Waals surface area contributed by atoms with Crippen LogP contribution in [0.25, 0.3) is 0 Å². The van der Waals surface area contributed by atoms with Crippen LogP contribution in [-0.4, -0.2) is 20.2 Å². The topological polar surface area (TPSA) is 70.0 Å². The van der Waals surface area contributed by atoms with E-state index in [0.717, 1.165) is 12.8 Å². The number of sulfonamides is 1. The van der Waals surface area contributed by atoms with Gasteiger partial charge in [0, 0.05) is 6.04 Å². The summed E-state index contributed by atoms with van der Waals surface area (Å²) in [5.74, 6) is -0.124. The van der Waals surface area contributed by atoms with Gasteiger partial charge in [0.2, 0.25) is 10.0 Å². The van der Waals surface area contributed by atoms with E-state index in [2.05, 4.69) is 4.72 Å². The van der Waals surface area contributed by atoms with E-state index >= 15 is 0 Å². The molecule has 4 nitrogen and oxygen atoms in total. The zero-order chi connectivity index (χ0) is 11.2. The van der Waals surface area contributed by atoms with Gasteiger partial charge in [0.15, 0.2) is 5.75 Å². The van der Waals surface area contributed by atoms with Crippen molar-refractivity contribution in [3.63, 3.8) is 0 Å². The molecule has 0 saturated carbocycles. The lowest BCUT2D eigenvalue weighted by Gasteiger charge is -2.21. The smallest absolute Gasteiger partial charge is 0.211 e. The second-order valence-electron chi connectivity index (χ2n) is 3.40. The van der Waals surface area contributed by atoms with Crippen LogP contribution < -0.4 is 4.72 Å². The molecule has 1 N–H and O–H groups in total. The molecule has 0 aromatic rings. The van der Waals surface area contributed by atoms with Crippen LogP contribution in [0.1, 0.15) is 33.6 Å². The van der Waals surface area contributed by atoms with E-state index in [0.29, 0.717) is 5.92 Å². The number of nitrogens with zero attached hydrogens (tertiary/aromatic N) is 1. The van der Waals surface area contributed by atoms with Gasteiger partial charge in [0.25, 0.3) is 0 Å². The molecule has 0 bridgehead atoms. The predicted octanol–water partition coefficient (Wildman–Crippen LogP) is 1.25. The highest BCUT2D eigenvalue weighted by Crippen LogP contribution is 2.13. The van der Waals surface area contributed by atoms with Crippen LogP contribution in [0.15, 0.2) is 0 Å². The van der Waals surface area contributed by atoms with Crippen LogP contribution in [0, 0.1) is 17.2 Å². The molecule has 0 spiro atoms. The number of nitrogens with one attached hydrogen (secondary N) is 1. The summed E-state index contributed by atoms with van der Waals surface area (Å²) >= 11 is 0.